The van der Waals surface area contributed by atoms with Gasteiger partial charge in [0.05, 0.1) is 12.7 Å². The van der Waals surface area contributed by atoms with Crippen LogP contribution in [-0.4, -0.2) is 24.4 Å². The standard InChI is InChI=1S/C14H20O3/c1-14(9-3-4-10-17-14)13(15)11-5-7-12(16-2)8-6-11/h5-8,13,15H,3-4,9-10H2,1-2H3. The summed E-state index contributed by atoms with van der Waals surface area (Å²) in [7, 11) is 1.64. The number of hydrogen-bond acceptors (Lipinski definition) is 3. The van der Waals surface area contributed by atoms with Crippen molar-refractivity contribution in [3.8, 4) is 5.75 Å². The molecule has 0 radical (unpaired) electrons. The molecule has 0 saturated carbocycles. The molecule has 0 aromatic heterocycles. The number of aliphatic hydroxyl groups excluding tert-OH is 1. The van der Waals surface area contributed by atoms with Crippen molar-refractivity contribution in [2.45, 2.75) is 37.9 Å². The summed E-state index contributed by atoms with van der Waals surface area (Å²) in [6, 6.07) is 7.52. The van der Waals surface area contributed by atoms with E-state index in [-0.39, 0.29) is 0 Å². The number of hydrogen-bond donors (Lipinski definition) is 1. The predicted octanol–water partition coefficient (Wildman–Crippen LogP) is 2.69. The van der Waals surface area contributed by atoms with Crippen molar-refractivity contribution in [3.05, 3.63) is 29.8 Å². The highest BCUT2D eigenvalue weighted by Gasteiger charge is 2.36. The highest BCUT2D eigenvalue weighted by atomic mass is 16.5. The van der Waals surface area contributed by atoms with Crippen LogP contribution in [0.25, 0.3) is 0 Å². The second kappa shape index (κ2) is 5.07. The van der Waals surface area contributed by atoms with Crippen molar-refractivity contribution in [2.75, 3.05) is 13.7 Å². The van der Waals surface area contributed by atoms with Crippen LogP contribution in [0.4, 0.5) is 0 Å². The lowest BCUT2D eigenvalue weighted by Gasteiger charge is -2.38. The zero-order chi connectivity index (χ0) is 12.3. The molecule has 0 amide bonds. The topological polar surface area (TPSA) is 38.7 Å². The van der Waals surface area contributed by atoms with Crippen LogP contribution in [-0.2, 0) is 4.74 Å². The summed E-state index contributed by atoms with van der Waals surface area (Å²) in [5.74, 6) is 0.802. The molecule has 2 atom stereocenters. The molecule has 1 aliphatic rings. The van der Waals surface area contributed by atoms with Crippen molar-refractivity contribution < 1.29 is 14.6 Å². The zero-order valence-electron chi connectivity index (χ0n) is 10.5. The largest absolute Gasteiger partial charge is 0.497 e. The first-order chi connectivity index (χ1) is 8.15. The zero-order valence-corrected chi connectivity index (χ0v) is 10.5. The molecule has 1 N–H and O–H groups in total. The summed E-state index contributed by atoms with van der Waals surface area (Å²) in [4.78, 5) is 0. The van der Waals surface area contributed by atoms with Gasteiger partial charge in [-0.2, -0.15) is 0 Å². The van der Waals surface area contributed by atoms with E-state index in [1.165, 1.54) is 0 Å². The highest BCUT2D eigenvalue weighted by Crippen LogP contribution is 2.36. The van der Waals surface area contributed by atoms with Gasteiger partial charge in [0, 0.05) is 6.61 Å². The molecule has 3 heteroatoms. The molecule has 3 nitrogen and oxygen atoms in total. The smallest absolute Gasteiger partial charge is 0.118 e. The third kappa shape index (κ3) is 2.61. The lowest BCUT2D eigenvalue weighted by molar-refractivity contribution is -0.138. The summed E-state index contributed by atoms with van der Waals surface area (Å²) in [5.41, 5.74) is 0.433. The van der Waals surface area contributed by atoms with E-state index in [4.69, 9.17) is 9.47 Å². The van der Waals surface area contributed by atoms with Crippen molar-refractivity contribution in [1.29, 1.82) is 0 Å². The molecule has 1 aromatic rings. The fourth-order valence-corrected chi connectivity index (χ4v) is 2.31. The molecule has 1 aromatic carbocycles. The number of rotatable bonds is 3. The van der Waals surface area contributed by atoms with Crippen LogP contribution >= 0.6 is 0 Å². The van der Waals surface area contributed by atoms with E-state index in [9.17, 15) is 5.11 Å². The van der Waals surface area contributed by atoms with E-state index >= 15 is 0 Å². The lowest BCUT2D eigenvalue weighted by Crippen LogP contribution is -2.39. The minimum Gasteiger partial charge on any atom is -0.497 e. The molecule has 17 heavy (non-hydrogen) atoms. The van der Waals surface area contributed by atoms with E-state index in [1.54, 1.807) is 7.11 Å². The van der Waals surface area contributed by atoms with Crippen LogP contribution in [0.2, 0.25) is 0 Å². The van der Waals surface area contributed by atoms with Gasteiger partial charge in [-0.05, 0) is 43.9 Å². The maximum absolute atomic E-state index is 10.4. The normalized spacial score (nSPS) is 26.5. The van der Waals surface area contributed by atoms with Crippen LogP contribution in [0, 0.1) is 0 Å². The number of methoxy groups -OCH3 is 1. The van der Waals surface area contributed by atoms with Crippen molar-refractivity contribution in [1.82, 2.24) is 0 Å². The molecular formula is C14H20O3. The van der Waals surface area contributed by atoms with Crippen molar-refractivity contribution in [2.24, 2.45) is 0 Å². The number of aliphatic hydroxyl groups is 1. The summed E-state index contributed by atoms with van der Waals surface area (Å²) in [6.07, 6.45) is 2.53. The Hall–Kier alpha value is -1.06. The first-order valence-corrected chi connectivity index (χ1v) is 6.12. The fraction of sp³-hybridized carbons (Fsp3) is 0.571. The van der Waals surface area contributed by atoms with E-state index in [0.717, 1.165) is 37.2 Å². The molecule has 94 valence electrons. The van der Waals surface area contributed by atoms with Gasteiger partial charge in [0.15, 0.2) is 0 Å². The minimum absolute atomic E-state index is 0.452. The quantitative estimate of drug-likeness (QED) is 0.877. The lowest BCUT2D eigenvalue weighted by atomic mass is 9.86. The summed E-state index contributed by atoms with van der Waals surface area (Å²) in [5, 5.41) is 10.4. The molecular weight excluding hydrogens is 216 g/mol. The van der Waals surface area contributed by atoms with Gasteiger partial charge in [0.1, 0.15) is 11.9 Å². The van der Waals surface area contributed by atoms with E-state index < -0.39 is 11.7 Å². The van der Waals surface area contributed by atoms with Crippen LogP contribution in [0.15, 0.2) is 24.3 Å². The first kappa shape index (κ1) is 12.4. The number of benzene rings is 1. The second-order valence-electron chi connectivity index (χ2n) is 4.79. The molecule has 2 unspecified atom stereocenters. The van der Waals surface area contributed by atoms with E-state index in [2.05, 4.69) is 0 Å². The van der Waals surface area contributed by atoms with Crippen LogP contribution in [0.1, 0.15) is 37.9 Å². The molecule has 0 spiro atoms. The van der Waals surface area contributed by atoms with E-state index in [0.29, 0.717) is 0 Å². The highest BCUT2D eigenvalue weighted by molar-refractivity contribution is 5.29. The van der Waals surface area contributed by atoms with Gasteiger partial charge in [-0.25, -0.2) is 0 Å². The monoisotopic (exact) mass is 236 g/mol. The Kier molecular flexibility index (Phi) is 3.69. The molecule has 1 heterocycles. The molecule has 0 aliphatic carbocycles. The predicted molar refractivity (Wildman–Crippen MR) is 66.2 cm³/mol. The van der Waals surface area contributed by atoms with Crippen LogP contribution in [0.5, 0.6) is 5.75 Å². The molecule has 1 aliphatic heterocycles. The van der Waals surface area contributed by atoms with Gasteiger partial charge < -0.3 is 14.6 Å². The Bertz CT molecular complexity index is 352. The van der Waals surface area contributed by atoms with Gasteiger partial charge in [0.2, 0.25) is 0 Å². The SMILES string of the molecule is COc1ccc(C(O)C2(C)CCCCO2)cc1. The average Bonchev–Trinajstić information content (AvgIpc) is 2.39. The average molecular weight is 236 g/mol. The maximum atomic E-state index is 10.4. The Balaban J connectivity index is 2.14. The summed E-state index contributed by atoms with van der Waals surface area (Å²) in [6.45, 7) is 2.73. The third-order valence-electron chi connectivity index (χ3n) is 3.51. The third-order valence-corrected chi connectivity index (χ3v) is 3.51. The van der Waals surface area contributed by atoms with Crippen LogP contribution < -0.4 is 4.74 Å². The first-order valence-electron chi connectivity index (χ1n) is 6.12. The van der Waals surface area contributed by atoms with Gasteiger partial charge >= 0.3 is 0 Å². The van der Waals surface area contributed by atoms with E-state index in [1.807, 2.05) is 31.2 Å². The molecule has 2 rings (SSSR count). The van der Waals surface area contributed by atoms with Gasteiger partial charge in [0.25, 0.3) is 0 Å². The second-order valence-corrected chi connectivity index (χ2v) is 4.79. The van der Waals surface area contributed by atoms with Gasteiger partial charge in [-0.15, -0.1) is 0 Å². The van der Waals surface area contributed by atoms with Gasteiger partial charge in [-0.3, -0.25) is 0 Å². The Morgan fingerprint density at radius 3 is 2.53 bits per heavy atom. The van der Waals surface area contributed by atoms with Crippen molar-refractivity contribution in [3.63, 3.8) is 0 Å². The maximum Gasteiger partial charge on any atom is 0.118 e. The van der Waals surface area contributed by atoms with Crippen molar-refractivity contribution >= 4 is 0 Å². The molecule has 1 fully saturated rings. The molecule has 0 bridgehead atoms. The van der Waals surface area contributed by atoms with Crippen LogP contribution in [0.3, 0.4) is 0 Å². The fourth-order valence-electron chi connectivity index (χ4n) is 2.31. The summed E-state index contributed by atoms with van der Waals surface area (Å²) < 4.78 is 10.9. The van der Waals surface area contributed by atoms with Gasteiger partial charge in [-0.1, -0.05) is 12.1 Å². The summed E-state index contributed by atoms with van der Waals surface area (Å²) >= 11 is 0. The Labute approximate surface area is 102 Å². The molecule has 1 saturated heterocycles. The number of ether oxygens (including phenoxy) is 2. The minimum atomic E-state index is -0.575. The Morgan fingerprint density at radius 1 is 1.29 bits per heavy atom. The Morgan fingerprint density at radius 2 is 2.00 bits per heavy atom.